The lowest BCUT2D eigenvalue weighted by molar-refractivity contribution is 0.277. The third-order valence-electron chi connectivity index (χ3n) is 2.72. The molecule has 0 atom stereocenters. The van der Waals surface area contributed by atoms with Crippen LogP contribution < -0.4 is 0 Å². The number of rotatable bonds is 0. The summed E-state index contributed by atoms with van der Waals surface area (Å²) in [7, 11) is -0.519. The van der Waals surface area contributed by atoms with Crippen LogP contribution in [0, 0.1) is 0 Å². The van der Waals surface area contributed by atoms with Gasteiger partial charge in [0.15, 0.2) is 9.84 Å². The van der Waals surface area contributed by atoms with E-state index in [4.69, 9.17) is 0 Å². The Morgan fingerprint density at radius 3 is 0.833 bits per heavy atom. The standard InChI is InChI=1S/C8H18O2S.C8H18OS.C3H8.C2H6O.C2H6S/c1-7(2,3)11(9,10)8(4,5)6;1-7(2,3)10(9)8(4,5)6;3*1-3-2/h1-6H3;1-6H3;3H2,1-2H3;2*1-2H3. The van der Waals surface area contributed by atoms with E-state index in [1.807, 2.05) is 54.1 Å². The first kappa shape index (κ1) is 40.7. The molecule has 0 fully saturated rings. The van der Waals surface area contributed by atoms with Gasteiger partial charge in [0.1, 0.15) is 0 Å². The van der Waals surface area contributed by atoms with Gasteiger partial charge in [-0.1, -0.05) is 20.3 Å². The van der Waals surface area contributed by atoms with Gasteiger partial charge >= 0.3 is 0 Å². The molecular weight excluding hydrogens is 436 g/mol. The van der Waals surface area contributed by atoms with Crippen molar-refractivity contribution in [3.8, 4) is 0 Å². The summed E-state index contributed by atoms with van der Waals surface area (Å²) in [5.74, 6) is 0. The van der Waals surface area contributed by atoms with E-state index < -0.39 is 30.1 Å². The summed E-state index contributed by atoms with van der Waals surface area (Å²) >= 11 is 1.75. The molecule has 30 heavy (non-hydrogen) atoms. The number of sulfone groups is 1. The Hall–Kier alpha value is 0.410. The van der Waals surface area contributed by atoms with Crippen LogP contribution in [0.4, 0.5) is 0 Å². The lowest BCUT2D eigenvalue weighted by Gasteiger charge is -2.29. The van der Waals surface area contributed by atoms with Crippen molar-refractivity contribution in [1.29, 1.82) is 0 Å². The highest BCUT2D eigenvalue weighted by molar-refractivity contribution is 7.97. The van der Waals surface area contributed by atoms with E-state index in [1.165, 1.54) is 6.42 Å². The zero-order valence-electron chi connectivity index (χ0n) is 23.6. The van der Waals surface area contributed by atoms with E-state index >= 15 is 0 Å². The smallest absolute Gasteiger partial charge is 0.160 e. The van der Waals surface area contributed by atoms with Crippen molar-refractivity contribution in [2.75, 3.05) is 26.7 Å². The molecule has 0 aromatic rings. The van der Waals surface area contributed by atoms with Crippen molar-refractivity contribution in [2.24, 2.45) is 0 Å². The van der Waals surface area contributed by atoms with Gasteiger partial charge in [0, 0.05) is 34.5 Å². The Balaban J connectivity index is -0.0000000999. The van der Waals surface area contributed by atoms with Gasteiger partial charge in [-0.2, -0.15) is 11.8 Å². The molecule has 0 aliphatic heterocycles. The van der Waals surface area contributed by atoms with Gasteiger partial charge in [0.05, 0.1) is 9.49 Å². The van der Waals surface area contributed by atoms with E-state index in [9.17, 15) is 12.6 Å². The molecule has 190 valence electrons. The van der Waals surface area contributed by atoms with Crippen LogP contribution in [0.5, 0.6) is 0 Å². The molecule has 0 amide bonds. The molecule has 0 saturated heterocycles. The molecule has 0 N–H and O–H groups in total. The third-order valence-corrected chi connectivity index (χ3v) is 8.17. The minimum atomic E-state index is -3.01. The lowest BCUT2D eigenvalue weighted by Crippen LogP contribution is -2.41. The third kappa shape index (κ3) is 23.1. The molecule has 0 aliphatic carbocycles. The second kappa shape index (κ2) is 17.9. The molecule has 0 rings (SSSR count). The molecule has 0 radical (unpaired) electrons. The maximum absolute atomic E-state index is 11.7. The average molecular weight is 493 g/mol. The van der Waals surface area contributed by atoms with Crippen LogP contribution in [0.3, 0.4) is 0 Å². The zero-order valence-corrected chi connectivity index (χ0v) is 26.0. The first-order valence-corrected chi connectivity index (χ1v) is 14.6. The first-order valence-electron chi connectivity index (χ1n) is 10.4. The SMILES string of the molecule is CC(C)(C)S(=O)(=O)C(C)(C)C.CC(C)(C)S(=O)C(C)(C)C.CCC.COC.CSC. The minimum Gasteiger partial charge on any atom is -0.388 e. The van der Waals surface area contributed by atoms with Gasteiger partial charge < -0.3 is 4.74 Å². The molecule has 0 heterocycles. The van der Waals surface area contributed by atoms with Gasteiger partial charge in [0.2, 0.25) is 0 Å². The summed E-state index contributed by atoms with van der Waals surface area (Å²) in [4.78, 5) is 0. The van der Waals surface area contributed by atoms with Crippen molar-refractivity contribution in [1.82, 2.24) is 0 Å². The highest BCUT2D eigenvalue weighted by Crippen LogP contribution is 2.28. The summed E-state index contributed by atoms with van der Waals surface area (Å²) in [6.45, 7) is 26.7. The van der Waals surface area contributed by atoms with E-state index in [0.29, 0.717) is 0 Å². The summed E-state index contributed by atoms with van der Waals surface area (Å²) < 4.78 is 37.7. The number of ether oxygens (including phenoxy) is 1. The Kier molecular flexibility index (Phi) is 24.3. The van der Waals surface area contributed by atoms with Crippen LogP contribution in [0.1, 0.15) is 103 Å². The monoisotopic (exact) mass is 492 g/mol. The minimum absolute atomic E-state index is 0.0851. The number of methoxy groups -OCH3 is 1. The van der Waals surface area contributed by atoms with Crippen LogP contribution in [0.25, 0.3) is 0 Å². The maximum Gasteiger partial charge on any atom is 0.160 e. The quantitative estimate of drug-likeness (QED) is 0.365. The van der Waals surface area contributed by atoms with Gasteiger partial charge in [-0.25, -0.2) is 8.42 Å². The Morgan fingerprint density at radius 1 is 0.700 bits per heavy atom. The topological polar surface area (TPSA) is 60.4 Å². The second-order valence-electron chi connectivity index (χ2n) is 10.7. The molecule has 0 spiro atoms. The van der Waals surface area contributed by atoms with Gasteiger partial charge in [-0.3, -0.25) is 4.21 Å². The summed E-state index contributed by atoms with van der Waals surface area (Å²) in [5, 5.41) is 0. The highest BCUT2D eigenvalue weighted by atomic mass is 32.2. The van der Waals surface area contributed by atoms with Crippen LogP contribution >= 0.6 is 11.8 Å². The van der Waals surface area contributed by atoms with E-state index in [0.717, 1.165) is 0 Å². The average Bonchev–Trinajstić information content (AvgIpc) is 2.45. The van der Waals surface area contributed by atoms with E-state index in [2.05, 4.69) is 18.6 Å². The summed E-state index contributed by atoms with van der Waals surface area (Å²) in [6.07, 6.45) is 5.33. The maximum atomic E-state index is 11.7. The fourth-order valence-corrected chi connectivity index (χ4v) is 5.51. The number of hydrogen-bond donors (Lipinski definition) is 0. The van der Waals surface area contributed by atoms with Crippen molar-refractivity contribution in [2.45, 2.75) is 122 Å². The number of thioether (sulfide) groups is 1. The molecular formula is C23H56O4S3. The highest BCUT2D eigenvalue weighted by Gasteiger charge is 2.39. The predicted octanol–water partition coefficient (Wildman–Crippen LogP) is 6.99. The number of hydrogen-bond acceptors (Lipinski definition) is 5. The van der Waals surface area contributed by atoms with Crippen molar-refractivity contribution in [3.63, 3.8) is 0 Å². The Bertz CT molecular complexity index is 458. The fraction of sp³-hybridized carbons (Fsp3) is 1.00. The van der Waals surface area contributed by atoms with E-state index in [-0.39, 0.29) is 9.49 Å². The normalized spacial score (nSPS) is 12.1. The Morgan fingerprint density at radius 2 is 0.833 bits per heavy atom. The zero-order chi connectivity index (χ0) is 26.2. The second-order valence-corrected chi connectivity index (χ2v) is 18.0. The van der Waals surface area contributed by atoms with Gasteiger partial charge in [-0.05, 0) is 95.6 Å². The summed E-state index contributed by atoms with van der Waals surface area (Å²) in [5.41, 5.74) is 0. The summed E-state index contributed by atoms with van der Waals surface area (Å²) in [6, 6.07) is 0. The lowest BCUT2D eigenvalue weighted by atomic mass is 10.2. The fourth-order valence-electron chi connectivity index (χ4n) is 1.84. The first-order chi connectivity index (χ1) is 12.9. The van der Waals surface area contributed by atoms with Crippen molar-refractivity contribution in [3.05, 3.63) is 0 Å². The van der Waals surface area contributed by atoms with Crippen LogP contribution in [-0.2, 0) is 25.4 Å². The predicted molar refractivity (Wildman–Crippen MR) is 144 cm³/mol. The van der Waals surface area contributed by atoms with Gasteiger partial charge in [0.25, 0.3) is 0 Å². The largest absolute Gasteiger partial charge is 0.388 e. The molecule has 0 aromatic heterocycles. The molecule has 4 nitrogen and oxygen atoms in total. The van der Waals surface area contributed by atoms with Crippen LogP contribution in [0.15, 0.2) is 0 Å². The molecule has 0 bridgehead atoms. The van der Waals surface area contributed by atoms with Crippen LogP contribution in [-0.4, -0.2) is 58.3 Å². The van der Waals surface area contributed by atoms with Crippen LogP contribution in [0.2, 0.25) is 0 Å². The molecule has 0 saturated carbocycles. The molecule has 0 aliphatic rings. The van der Waals surface area contributed by atoms with E-state index in [1.54, 1.807) is 67.5 Å². The molecule has 0 aromatic carbocycles. The van der Waals surface area contributed by atoms with Crippen molar-refractivity contribution >= 4 is 32.4 Å². The molecule has 7 heteroatoms. The van der Waals surface area contributed by atoms with Gasteiger partial charge in [-0.15, -0.1) is 0 Å². The van der Waals surface area contributed by atoms with Crippen molar-refractivity contribution < 1.29 is 17.4 Å². The molecule has 0 unspecified atom stereocenters. The Labute approximate surface area is 198 Å².